The van der Waals surface area contributed by atoms with Crippen LogP contribution >= 0.6 is 24.0 Å². The largest absolute Gasteiger partial charge is 0.497 e. The summed E-state index contributed by atoms with van der Waals surface area (Å²) in [7, 11) is 3.13. The van der Waals surface area contributed by atoms with Gasteiger partial charge in [-0.3, -0.25) is 4.79 Å². The molecule has 0 aromatic heterocycles. The Bertz CT molecular complexity index is 572. The lowest BCUT2D eigenvalue weighted by Gasteiger charge is -2.07. The molecule has 2 rings (SSSR count). The Morgan fingerprint density at radius 3 is 2.63 bits per heavy atom. The van der Waals surface area contributed by atoms with Crippen molar-refractivity contribution in [3.8, 4) is 11.5 Å². The zero-order chi connectivity index (χ0) is 14.0. The molecule has 19 heavy (non-hydrogen) atoms. The van der Waals surface area contributed by atoms with Crippen molar-refractivity contribution in [2.75, 3.05) is 14.2 Å². The second-order valence-corrected chi connectivity index (χ2v) is 5.34. The lowest BCUT2D eigenvalue weighted by atomic mass is 10.1. The van der Waals surface area contributed by atoms with Crippen LogP contribution in [0.1, 0.15) is 5.56 Å². The first-order valence-electron chi connectivity index (χ1n) is 5.31. The molecule has 0 radical (unpaired) electrons. The molecular formula is C12H12N2O3S2. The first-order valence-corrected chi connectivity index (χ1v) is 6.54. The summed E-state index contributed by atoms with van der Waals surface area (Å²) in [6.45, 7) is 0. The molecular weight excluding hydrogens is 284 g/mol. The molecule has 0 saturated carbocycles. The van der Waals surface area contributed by atoms with E-state index < -0.39 is 0 Å². The smallest absolute Gasteiger partial charge is 0.280 e. The molecule has 1 aliphatic rings. The summed E-state index contributed by atoms with van der Waals surface area (Å²) < 4.78 is 10.7. The van der Waals surface area contributed by atoms with Crippen molar-refractivity contribution in [3.63, 3.8) is 0 Å². The van der Waals surface area contributed by atoms with Gasteiger partial charge >= 0.3 is 0 Å². The van der Waals surface area contributed by atoms with Crippen molar-refractivity contribution in [1.82, 2.24) is 5.01 Å². The van der Waals surface area contributed by atoms with Crippen LogP contribution in [0.25, 0.3) is 6.08 Å². The van der Waals surface area contributed by atoms with Crippen molar-refractivity contribution in [2.45, 2.75) is 0 Å². The lowest BCUT2D eigenvalue weighted by molar-refractivity contribution is -0.122. The number of rotatable bonds is 3. The average Bonchev–Trinajstić information content (AvgIpc) is 2.67. The summed E-state index contributed by atoms with van der Waals surface area (Å²) in [5, 5.41) is 0.960. The summed E-state index contributed by atoms with van der Waals surface area (Å²) in [5.41, 5.74) is 0.761. The first kappa shape index (κ1) is 13.9. The highest BCUT2D eigenvalue weighted by atomic mass is 32.2. The van der Waals surface area contributed by atoms with Crippen molar-refractivity contribution in [1.29, 1.82) is 0 Å². The number of thioether (sulfide) groups is 1. The number of amides is 1. The number of carbonyl (C=O) groups is 1. The van der Waals surface area contributed by atoms with E-state index in [-0.39, 0.29) is 5.91 Å². The number of hydrogen-bond donors (Lipinski definition) is 1. The molecule has 1 amide bonds. The maximum Gasteiger partial charge on any atom is 0.280 e. The van der Waals surface area contributed by atoms with Gasteiger partial charge in [-0.1, -0.05) is 24.0 Å². The number of nitrogens with zero attached hydrogens (tertiary/aromatic N) is 1. The Morgan fingerprint density at radius 2 is 2.11 bits per heavy atom. The van der Waals surface area contributed by atoms with Gasteiger partial charge in [-0.05, 0) is 18.2 Å². The van der Waals surface area contributed by atoms with Crippen LogP contribution in [0.15, 0.2) is 23.1 Å². The van der Waals surface area contributed by atoms with E-state index >= 15 is 0 Å². The van der Waals surface area contributed by atoms with Crippen molar-refractivity contribution < 1.29 is 14.3 Å². The highest BCUT2D eigenvalue weighted by Gasteiger charge is 2.29. The van der Waals surface area contributed by atoms with Gasteiger partial charge in [-0.25, -0.2) is 10.9 Å². The number of methoxy groups -OCH3 is 2. The molecule has 1 heterocycles. The summed E-state index contributed by atoms with van der Waals surface area (Å²) >= 11 is 6.13. The number of hydrazine groups is 1. The standard InChI is InChI=1S/C12H12N2O3S2/c1-16-8-4-3-7(9(6-8)17-2)5-10-11(15)14(13)12(18)19-10/h3-6H,13H2,1-2H3. The quantitative estimate of drug-likeness (QED) is 0.397. The van der Waals surface area contributed by atoms with E-state index in [0.29, 0.717) is 20.7 Å². The third-order valence-electron chi connectivity index (χ3n) is 2.55. The minimum atomic E-state index is -0.312. The maximum atomic E-state index is 11.8. The molecule has 0 aliphatic carbocycles. The van der Waals surface area contributed by atoms with Crippen LogP contribution in [0.3, 0.4) is 0 Å². The molecule has 100 valence electrons. The van der Waals surface area contributed by atoms with E-state index in [0.717, 1.165) is 22.3 Å². The Kier molecular flexibility index (Phi) is 4.08. The highest BCUT2D eigenvalue weighted by Crippen LogP contribution is 2.33. The number of thiocarbonyl (C=S) groups is 1. The van der Waals surface area contributed by atoms with Crippen molar-refractivity contribution in [3.05, 3.63) is 28.7 Å². The van der Waals surface area contributed by atoms with Gasteiger partial charge in [0.1, 0.15) is 11.5 Å². The van der Waals surface area contributed by atoms with E-state index in [4.69, 9.17) is 27.5 Å². The normalized spacial score (nSPS) is 17.2. The van der Waals surface area contributed by atoms with Gasteiger partial charge in [0.25, 0.3) is 5.91 Å². The second kappa shape index (κ2) is 5.60. The minimum absolute atomic E-state index is 0.312. The summed E-state index contributed by atoms with van der Waals surface area (Å²) in [6, 6.07) is 5.34. The topological polar surface area (TPSA) is 64.8 Å². The molecule has 0 unspecified atom stereocenters. The molecule has 0 atom stereocenters. The Morgan fingerprint density at radius 1 is 1.37 bits per heavy atom. The Labute approximate surface area is 120 Å². The summed E-state index contributed by atoms with van der Waals surface area (Å²) in [4.78, 5) is 12.3. The van der Waals surface area contributed by atoms with Gasteiger partial charge in [-0.2, -0.15) is 0 Å². The zero-order valence-electron chi connectivity index (χ0n) is 10.4. The predicted octanol–water partition coefficient (Wildman–Crippen LogP) is 1.78. The highest BCUT2D eigenvalue weighted by molar-refractivity contribution is 8.26. The number of benzene rings is 1. The molecule has 0 spiro atoms. The molecule has 1 aromatic rings. The molecule has 5 nitrogen and oxygen atoms in total. The molecule has 0 bridgehead atoms. The second-order valence-electron chi connectivity index (χ2n) is 3.66. The first-order chi connectivity index (χ1) is 9.06. The van der Waals surface area contributed by atoms with E-state index in [1.165, 1.54) is 0 Å². The monoisotopic (exact) mass is 296 g/mol. The molecule has 1 aliphatic heterocycles. The minimum Gasteiger partial charge on any atom is -0.497 e. The molecule has 7 heteroatoms. The fourth-order valence-corrected chi connectivity index (χ4v) is 2.65. The van der Waals surface area contributed by atoms with Gasteiger partial charge in [0, 0.05) is 11.6 Å². The SMILES string of the molecule is COc1ccc(C=C2SC(=S)N(N)C2=O)c(OC)c1. The Balaban J connectivity index is 2.38. The van der Waals surface area contributed by atoms with Gasteiger partial charge in [-0.15, -0.1) is 0 Å². The van der Waals surface area contributed by atoms with Crippen LogP contribution in [-0.2, 0) is 4.79 Å². The van der Waals surface area contributed by atoms with Gasteiger partial charge in [0.2, 0.25) is 0 Å². The van der Waals surface area contributed by atoms with Crippen LogP contribution in [-0.4, -0.2) is 29.5 Å². The molecule has 1 fully saturated rings. The molecule has 1 aromatic carbocycles. The number of hydrogen-bond acceptors (Lipinski definition) is 6. The van der Waals surface area contributed by atoms with Crippen molar-refractivity contribution in [2.24, 2.45) is 5.84 Å². The lowest BCUT2D eigenvalue weighted by Crippen LogP contribution is -2.34. The maximum absolute atomic E-state index is 11.8. The molecule has 1 saturated heterocycles. The summed E-state index contributed by atoms with van der Waals surface area (Å²) in [5.74, 6) is 6.49. The van der Waals surface area contributed by atoms with Gasteiger partial charge < -0.3 is 9.47 Å². The van der Waals surface area contributed by atoms with E-state index in [9.17, 15) is 4.79 Å². The van der Waals surface area contributed by atoms with Crippen LogP contribution in [0.5, 0.6) is 11.5 Å². The fourth-order valence-electron chi connectivity index (χ4n) is 1.56. The number of carbonyl (C=O) groups excluding carboxylic acids is 1. The van der Waals surface area contributed by atoms with Gasteiger partial charge in [0.15, 0.2) is 4.32 Å². The number of ether oxygens (including phenoxy) is 2. The van der Waals surface area contributed by atoms with E-state index in [1.807, 2.05) is 0 Å². The average molecular weight is 296 g/mol. The zero-order valence-corrected chi connectivity index (χ0v) is 12.0. The van der Waals surface area contributed by atoms with Crippen LogP contribution in [0, 0.1) is 0 Å². The molecule has 2 N–H and O–H groups in total. The predicted molar refractivity (Wildman–Crippen MR) is 78.7 cm³/mol. The summed E-state index contributed by atoms with van der Waals surface area (Å²) in [6.07, 6.45) is 1.70. The third kappa shape index (κ3) is 2.73. The van der Waals surface area contributed by atoms with E-state index in [1.54, 1.807) is 38.5 Å². The van der Waals surface area contributed by atoms with Crippen molar-refractivity contribution >= 4 is 40.3 Å². The van der Waals surface area contributed by atoms with Crippen LogP contribution in [0.4, 0.5) is 0 Å². The van der Waals surface area contributed by atoms with Crippen LogP contribution < -0.4 is 15.3 Å². The fraction of sp³-hybridized carbons (Fsp3) is 0.167. The third-order valence-corrected chi connectivity index (χ3v) is 3.88. The van der Waals surface area contributed by atoms with Gasteiger partial charge in [0.05, 0.1) is 19.1 Å². The van der Waals surface area contributed by atoms with Crippen LogP contribution in [0.2, 0.25) is 0 Å². The number of nitrogens with two attached hydrogens (primary N) is 1. The van der Waals surface area contributed by atoms with E-state index in [2.05, 4.69) is 0 Å². The Hall–Kier alpha value is -1.57.